The van der Waals surface area contributed by atoms with Crippen LogP contribution >= 0.6 is 0 Å². The molecule has 0 aliphatic rings. The molecule has 0 aliphatic carbocycles. The van der Waals surface area contributed by atoms with Gasteiger partial charge in [0.05, 0.1) is 0 Å². The lowest BCUT2D eigenvalue weighted by molar-refractivity contribution is 0.1000. The van der Waals surface area contributed by atoms with E-state index in [9.17, 15) is 4.79 Å². The summed E-state index contributed by atoms with van der Waals surface area (Å²) < 4.78 is 0. The third-order valence-corrected chi connectivity index (χ3v) is 2.05. The summed E-state index contributed by atoms with van der Waals surface area (Å²) in [6.07, 6.45) is 1.83. The number of carbonyl (C=O) groups is 1. The minimum atomic E-state index is -0.391. The van der Waals surface area contributed by atoms with Gasteiger partial charge >= 0.3 is 0 Å². The lowest BCUT2D eigenvalue weighted by atomic mass is 9.99. The number of nitrogens with two attached hydrogens (primary N) is 1. The van der Waals surface area contributed by atoms with Crippen molar-refractivity contribution in [1.29, 1.82) is 0 Å². The minimum absolute atomic E-state index is 0.249. The van der Waals surface area contributed by atoms with E-state index in [1.165, 1.54) is 0 Å². The average Bonchev–Trinajstić information content (AvgIpc) is 2.17. The second-order valence-electron chi connectivity index (χ2n) is 3.01. The molecule has 0 spiro atoms. The quantitative estimate of drug-likeness (QED) is 0.702. The SMILES string of the molecule is C=CC(C)c1cccc(C(N)=O)c1. The van der Waals surface area contributed by atoms with Gasteiger partial charge in [-0.05, 0) is 23.6 Å². The average molecular weight is 175 g/mol. The first kappa shape index (κ1) is 9.52. The summed E-state index contributed by atoms with van der Waals surface area (Å²) in [5.41, 5.74) is 6.77. The first-order valence-electron chi connectivity index (χ1n) is 4.17. The van der Waals surface area contributed by atoms with Crippen molar-refractivity contribution in [3.63, 3.8) is 0 Å². The Morgan fingerprint density at radius 1 is 1.62 bits per heavy atom. The fourth-order valence-corrected chi connectivity index (χ4v) is 1.11. The number of carbonyl (C=O) groups excluding carboxylic acids is 1. The Labute approximate surface area is 78.1 Å². The topological polar surface area (TPSA) is 43.1 Å². The summed E-state index contributed by atoms with van der Waals surface area (Å²) in [5, 5.41) is 0. The van der Waals surface area contributed by atoms with Crippen LogP contribution in [0.15, 0.2) is 36.9 Å². The fourth-order valence-electron chi connectivity index (χ4n) is 1.11. The van der Waals surface area contributed by atoms with Gasteiger partial charge in [-0.2, -0.15) is 0 Å². The summed E-state index contributed by atoms with van der Waals surface area (Å²) in [6, 6.07) is 7.30. The van der Waals surface area contributed by atoms with Gasteiger partial charge in [0.1, 0.15) is 0 Å². The van der Waals surface area contributed by atoms with E-state index in [1.54, 1.807) is 12.1 Å². The molecule has 1 rings (SSSR count). The van der Waals surface area contributed by atoms with E-state index in [0.717, 1.165) is 5.56 Å². The highest BCUT2D eigenvalue weighted by atomic mass is 16.1. The number of benzene rings is 1. The molecule has 0 saturated heterocycles. The van der Waals surface area contributed by atoms with Crippen LogP contribution in [-0.4, -0.2) is 5.91 Å². The highest BCUT2D eigenvalue weighted by molar-refractivity contribution is 5.92. The second kappa shape index (κ2) is 3.90. The Hall–Kier alpha value is -1.57. The molecule has 0 aliphatic heterocycles. The van der Waals surface area contributed by atoms with Gasteiger partial charge in [0.25, 0.3) is 0 Å². The van der Waals surface area contributed by atoms with E-state index < -0.39 is 5.91 Å². The number of rotatable bonds is 3. The van der Waals surface area contributed by atoms with Gasteiger partial charge in [-0.25, -0.2) is 0 Å². The summed E-state index contributed by atoms with van der Waals surface area (Å²) in [6.45, 7) is 5.72. The molecule has 1 unspecified atom stereocenters. The van der Waals surface area contributed by atoms with Crippen LogP contribution in [0.2, 0.25) is 0 Å². The molecule has 13 heavy (non-hydrogen) atoms. The molecular formula is C11H13NO. The third kappa shape index (κ3) is 2.18. The molecule has 1 atom stereocenters. The zero-order valence-electron chi connectivity index (χ0n) is 7.66. The van der Waals surface area contributed by atoms with Crippen molar-refractivity contribution in [2.24, 2.45) is 5.73 Å². The van der Waals surface area contributed by atoms with Crippen LogP contribution < -0.4 is 5.73 Å². The molecule has 68 valence electrons. The Bertz CT molecular complexity index is 331. The molecule has 0 aromatic heterocycles. The number of hydrogen-bond acceptors (Lipinski definition) is 1. The highest BCUT2D eigenvalue weighted by Crippen LogP contribution is 2.16. The predicted molar refractivity (Wildman–Crippen MR) is 53.6 cm³/mol. The van der Waals surface area contributed by atoms with Gasteiger partial charge in [-0.3, -0.25) is 4.79 Å². The number of hydrogen-bond donors (Lipinski definition) is 1. The Morgan fingerprint density at radius 2 is 2.31 bits per heavy atom. The smallest absolute Gasteiger partial charge is 0.248 e. The number of allylic oxidation sites excluding steroid dienone is 1. The van der Waals surface area contributed by atoms with Crippen molar-refractivity contribution in [3.8, 4) is 0 Å². The monoisotopic (exact) mass is 175 g/mol. The van der Waals surface area contributed by atoms with Gasteiger partial charge in [0.15, 0.2) is 0 Å². The molecular weight excluding hydrogens is 162 g/mol. The predicted octanol–water partition coefficient (Wildman–Crippen LogP) is 2.08. The van der Waals surface area contributed by atoms with Gasteiger partial charge in [-0.15, -0.1) is 6.58 Å². The minimum Gasteiger partial charge on any atom is -0.366 e. The molecule has 0 fully saturated rings. The molecule has 2 N–H and O–H groups in total. The van der Waals surface area contributed by atoms with Crippen molar-refractivity contribution >= 4 is 5.91 Å². The lowest BCUT2D eigenvalue weighted by Crippen LogP contribution is -2.11. The van der Waals surface area contributed by atoms with Crippen LogP contribution in [-0.2, 0) is 0 Å². The Morgan fingerprint density at radius 3 is 2.85 bits per heavy atom. The van der Waals surface area contributed by atoms with Gasteiger partial charge in [0.2, 0.25) is 5.91 Å². The first-order valence-corrected chi connectivity index (χ1v) is 4.17. The van der Waals surface area contributed by atoms with Crippen molar-refractivity contribution in [2.45, 2.75) is 12.8 Å². The van der Waals surface area contributed by atoms with E-state index in [-0.39, 0.29) is 5.92 Å². The van der Waals surface area contributed by atoms with E-state index in [0.29, 0.717) is 5.56 Å². The van der Waals surface area contributed by atoms with Gasteiger partial charge in [-0.1, -0.05) is 25.1 Å². The summed E-state index contributed by atoms with van der Waals surface area (Å²) in [7, 11) is 0. The second-order valence-corrected chi connectivity index (χ2v) is 3.01. The fraction of sp³-hybridized carbons (Fsp3) is 0.182. The summed E-state index contributed by atoms with van der Waals surface area (Å²) in [4.78, 5) is 10.9. The lowest BCUT2D eigenvalue weighted by Gasteiger charge is -2.06. The van der Waals surface area contributed by atoms with E-state index in [1.807, 2.05) is 25.1 Å². The van der Waals surface area contributed by atoms with E-state index in [2.05, 4.69) is 6.58 Å². The zero-order chi connectivity index (χ0) is 9.84. The van der Waals surface area contributed by atoms with Crippen molar-refractivity contribution < 1.29 is 4.79 Å². The maximum atomic E-state index is 10.9. The maximum Gasteiger partial charge on any atom is 0.248 e. The van der Waals surface area contributed by atoms with Crippen LogP contribution in [0.4, 0.5) is 0 Å². The van der Waals surface area contributed by atoms with E-state index >= 15 is 0 Å². The van der Waals surface area contributed by atoms with Crippen LogP contribution in [0.25, 0.3) is 0 Å². The number of amides is 1. The number of primary amides is 1. The van der Waals surface area contributed by atoms with Crippen LogP contribution in [0.5, 0.6) is 0 Å². The van der Waals surface area contributed by atoms with Crippen molar-refractivity contribution in [3.05, 3.63) is 48.0 Å². The van der Waals surface area contributed by atoms with Crippen molar-refractivity contribution in [1.82, 2.24) is 0 Å². The maximum absolute atomic E-state index is 10.9. The summed E-state index contributed by atoms with van der Waals surface area (Å²) in [5.74, 6) is -0.141. The molecule has 2 heteroatoms. The normalized spacial score (nSPS) is 12.1. The molecule has 0 heterocycles. The Kier molecular flexibility index (Phi) is 2.85. The summed E-state index contributed by atoms with van der Waals surface area (Å²) >= 11 is 0. The molecule has 2 nitrogen and oxygen atoms in total. The third-order valence-electron chi connectivity index (χ3n) is 2.05. The van der Waals surface area contributed by atoms with Crippen molar-refractivity contribution in [2.75, 3.05) is 0 Å². The largest absolute Gasteiger partial charge is 0.366 e. The molecule has 1 aromatic rings. The molecule has 1 aromatic carbocycles. The highest BCUT2D eigenvalue weighted by Gasteiger charge is 2.04. The van der Waals surface area contributed by atoms with Crippen LogP contribution in [0, 0.1) is 0 Å². The first-order chi connectivity index (χ1) is 6.15. The molecule has 0 bridgehead atoms. The standard InChI is InChI=1S/C11H13NO/c1-3-8(2)9-5-4-6-10(7-9)11(12)13/h3-8H,1H2,2H3,(H2,12,13). The zero-order valence-corrected chi connectivity index (χ0v) is 7.66. The van der Waals surface area contributed by atoms with Crippen LogP contribution in [0.3, 0.4) is 0 Å². The molecule has 1 amide bonds. The van der Waals surface area contributed by atoms with Crippen LogP contribution in [0.1, 0.15) is 28.8 Å². The van der Waals surface area contributed by atoms with Gasteiger partial charge in [0, 0.05) is 5.56 Å². The Balaban J connectivity index is 3.04. The van der Waals surface area contributed by atoms with E-state index in [4.69, 9.17) is 5.73 Å². The molecule has 0 saturated carbocycles. The van der Waals surface area contributed by atoms with Gasteiger partial charge < -0.3 is 5.73 Å². The molecule has 0 radical (unpaired) electrons.